The lowest BCUT2D eigenvalue weighted by molar-refractivity contribution is -0.142. The molecule has 8 nitrogen and oxygen atoms in total. The Labute approximate surface area is 235 Å². The third-order valence-electron chi connectivity index (χ3n) is 6.81. The van der Waals surface area contributed by atoms with E-state index in [0.717, 1.165) is 9.13 Å². The summed E-state index contributed by atoms with van der Waals surface area (Å²) in [5, 5.41) is 23.4. The predicted octanol–water partition coefficient (Wildman–Crippen LogP) is 2.45. The molecule has 1 saturated heterocycles. The van der Waals surface area contributed by atoms with Gasteiger partial charge < -0.3 is 29.9 Å². The molecule has 4 atom stereocenters. The second-order valence-electron chi connectivity index (χ2n) is 9.42. The first-order valence-corrected chi connectivity index (χ1v) is 13.8. The van der Waals surface area contributed by atoms with Crippen molar-refractivity contribution in [2.75, 3.05) is 32.9 Å². The SMILES string of the molecule is O=C(NCCO)C1=C[C@H](Oc2ccccc2I)[C@@H](O)[C@H](N(CCc2cccc(F)c2)C(=O)C2CCOC2)C1. The van der Waals surface area contributed by atoms with Crippen molar-refractivity contribution < 1.29 is 33.7 Å². The number of hydrogen-bond acceptors (Lipinski definition) is 6. The molecule has 2 amide bonds. The molecule has 1 unspecified atom stereocenters. The van der Waals surface area contributed by atoms with Crippen LogP contribution in [0.1, 0.15) is 18.4 Å². The lowest BCUT2D eigenvalue weighted by Crippen LogP contribution is -2.56. The summed E-state index contributed by atoms with van der Waals surface area (Å²) < 4.78 is 26.3. The summed E-state index contributed by atoms with van der Waals surface area (Å²) in [7, 11) is 0. The summed E-state index contributed by atoms with van der Waals surface area (Å²) in [6, 6.07) is 12.8. The number of aliphatic hydroxyl groups excluding tert-OH is 2. The van der Waals surface area contributed by atoms with Gasteiger partial charge in [-0.15, -0.1) is 0 Å². The molecule has 0 spiro atoms. The van der Waals surface area contributed by atoms with Gasteiger partial charge in [0, 0.05) is 31.7 Å². The Morgan fingerprint density at radius 1 is 1.21 bits per heavy atom. The minimum atomic E-state index is -1.13. The zero-order valence-corrected chi connectivity index (χ0v) is 23.1. The fourth-order valence-corrected chi connectivity index (χ4v) is 5.33. The van der Waals surface area contributed by atoms with Gasteiger partial charge in [-0.1, -0.05) is 24.3 Å². The van der Waals surface area contributed by atoms with Crippen LogP contribution in [0.3, 0.4) is 0 Å². The van der Waals surface area contributed by atoms with E-state index in [1.54, 1.807) is 29.2 Å². The Kier molecular flexibility index (Phi) is 10.1. The maximum Gasteiger partial charge on any atom is 0.247 e. The highest BCUT2D eigenvalue weighted by molar-refractivity contribution is 14.1. The third-order valence-corrected chi connectivity index (χ3v) is 7.70. The van der Waals surface area contributed by atoms with Gasteiger partial charge in [0.05, 0.1) is 28.7 Å². The van der Waals surface area contributed by atoms with E-state index in [-0.39, 0.29) is 43.8 Å². The van der Waals surface area contributed by atoms with Crippen LogP contribution in [0.5, 0.6) is 5.75 Å². The molecule has 1 aliphatic carbocycles. The molecule has 2 aromatic carbocycles. The van der Waals surface area contributed by atoms with Crippen LogP contribution in [0.25, 0.3) is 0 Å². The number of hydrogen-bond donors (Lipinski definition) is 3. The number of halogens is 2. The summed E-state index contributed by atoms with van der Waals surface area (Å²) in [5.74, 6) is -0.742. The fraction of sp³-hybridized carbons (Fsp3) is 0.429. The fourth-order valence-electron chi connectivity index (χ4n) is 4.81. The normalized spacial score (nSPS) is 23.0. The van der Waals surface area contributed by atoms with E-state index < -0.39 is 24.2 Å². The first-order chi connectivity index (χ1) is 18.4. The second-order valence-corrected chi connectivity index (χ2v) is 10.6. The number of benzene rings is 2. The Hall–Kier alpha value is -2.54. The monoisotopic (exact) mass is 638 g/mol. The summed E-state index contributed by atoms with van der Waals surface area (Å²) in [6.45, 7) is 0.857. The van der Waals surface area contributed by atoms with Crippen molar-refractivity contribution >= 4 is 34.4 Å². The van der Waals surface area contributed by atoms with Crippen molar-refractivity contribution in [1.82, 2.24) is 10.2 Å². The molecule has 2 aromatic rings. The Morgan fingerprint density at radius 3 is 2.74 bits per heavy atom. The highest BCUT2D eigenvalue weighted by Gasteiger charge is 2.42. The van der Waals surface area contributed by atoms with Crippen molar-refractivity contribution in [2.45, 2.75) is 37.5 Å². The molecule has 0 saturated carbocycles. The molecule has 204 valence electrons. The van der Waals surface area contributed by atoms with Crippen molar-refractivity contribution in [2.24, 2.45) is 5.92 Å². The molecule has 4 rings (SSSR count). The van der Waals surface area contributed by atoms with E-state index in [0.29, 0.717) is 37.4 Å². The van der Waals surface area contributed by atoms with Crippen LogP contribution < -0.4 is 10.1 Å². The largest absolute Gasteiger partial charge is 0.482 e. The van der Waals surface area contributed by atoms with Gasteiger partial charge in [0.1, 0.15) is 23.8 Å². The molecular formula is C28H32FIN2O6. The van der Waals surface area contributed by atoms with Crippen molar-refractivity contribution in [1.29, 1.82) is 0 Å². The number of aliphatic hydroxyl groups is 2. The standard InChI is InChI=1S/C28H32FIN2O6/c29-21-5-3-4-18(14-21)8-11-32(28(36)19-9-13-37-17-19)23-15-20(27(35)31-10-12-33)16-25(26(23)34)38-24-7-2-1-6-22(24)30/h1-7,14,16,19,23,25-26,33-34H,8-13,15,17H2,(H,31,35)/t19?,23-,25+,26+/m1/s1. The van der Waals surface area contributed by atoms with Gasteiger partial charge in [-0.2, -0.15) is 0 Å². The molecule has 0 bridgehead atoms. The van der Waals surface area contributed by atoms with Gasteiger partial charge in [0.15, 0.2) is 0 Å². The van der Waals surface area contributed by atoms with E-state index in [4.69, 9.17) is 9.47 Å². The molecule has 1 aliphatic heterocycles. The first kappa shape index (κ1) is 28.5. The third kappa shape index (κ3) is 7.10. The van der Waals surface area contributed by atoms with E-state index in [1.165, 1.54) is 12.1 Å². The van der Waals surface area contributed by atoms with Gasteiger partial charge in [-0.25, -0.2) is 4.39 Å². The molecule has 38 heavy (non-hydrogen) atoms. The zero-order valence-electron chi connectivity index (χ0n) is 20.9. The predicted molar refractivity (Wildman–Crippen MR) is 147 cm³/mol. The van der Waals surface area contributed by atoms with E-state index >= 15 is 0 Å². The van der Waals surface area contributed by atoms with Crippen molar-refractivity contribution in [3.63, 3.8) is 0 Å². The van der Waals surface area contributed by atoms with Gasteiger partial charge in [-0.3, -0.25) is 9.59 Å². The molecule has 0 radical (unpaired) electrons. The number of ether oxygens (including phenoxy) is 2. The van der Waals surface area contributed by atoms with Gasteiger partial charge >= 0.3 is 0 Å². The van der Waals surface area contributed by atoms with Crippen LogP contribution >= 0.6 is 22.6 Å². The quantitative estimate of drug-likeness (QED) is 0.346. The van der Waals surface area contributed by atoms with Gasteiger partial charge in [-0.05, 0) is 71.3 Å². The smallest absolute Gasteiger partial charge is 0.247 e. The molecule has 1 fully saturated rings. The summed E-state index contributed by atoms with van der Waals surface area (Å²) >= 11 is 2.13. The molecular weight excluding hydrogens is 606 g/mol. The summed E-state index contributed by atoms with van der Waals surface area (Å²) in [4.78, 5) is 28.3. The maximum absolute atomic E-state index is 13.8. The molecule has 2 aliphatic rings. The van der Waals surface area contributed by atoms with Gasteiger partial charge in [0.2, 0.25) is 11.8 Å². The molecule has 10 heteroatoms. The van der Waals surface area contributed by atoms with Crippen LogP contribution in [0.15, 0.2) is 60.2 Å². The number of nitrogens with zero attached hydrogens (tertiary/aromatic N) is 1. The highest BCUT2D eigenvalue weighted by Crippen LogP contribution is 2.31. The van der Waals surface area contributed by atoms with Gasteiger partial charge in [0.25, 0.3) is 0 Å². The minimum Gasteiger partial charge on any atom is -0.482 e. The minimum absolute atomic E-state index is 0.0765. The Morgan fingerprint density at radius 2 is 2.03 bits per heavy atom. The average Bonchev–Trinajstić information content (AvgIpc) is 3.45. The first-order valence-electron chi connectivity index (χ1n) is 12.7. The van der Waals surface area contributed by atoms with E-state index in [1.807, 2.05) is 18.2 Å². The highest BCUT2D eigenvalue weighted by atomic mass is 127. The average molecular weight is 638 g/mol. The topological polar surface area (TPSA) is 108 Å². The van der Waals surface area contributed by atoms with Crippen molar-refractivity contribution in [3.8, 4) is 5.75 Å². The number of amides is 2. The van der Waals surface area contributed by atoms with E-state index in [9.17, 15) is 24.2 Å². The Balaban J connectivity index is 1.64. The zero-order chi connectivity index (χ0) is 27.1. The van der Waals surface area contributed by atoms with Crippen molar-refractivity contribution in [3.05, 3.63) is 75.1 Å². The lowest BCUT2D eigenvalue weighted by atomic mass is 9.87. The number of carbonyl (C=O) groups is 2. The van der Waals surface area contributed by atoms with Crippen LogP contribution in [-0.2, 0) is 20.7 Å². The lowest BCUT2D eigenvalue weighted by Gasteiger charge is -2.41. The van der Waals surface area contributed by atoms with E-state index in [2.05, 4.69) is 27.9 Å². The van der Waals surface area contributed by atoms with Crippen LogP contribution in [0.4, 0.5) is 4.39 Å². The second kappa shape index (κ2) is 13.5. The van der Waals surface area contributed by atoms with Crippen LogP contribution in [0.2, 0.25) is 0 Å². The maximum atomic E-state index is 13.8. The number of carbonyl (C=O) groups excluding carboxylic acids is 2. The van der Waals surface area contributed by atoms with Crippen LogP contribution in [0, 0.1) is 15.3 Å². The molecule has 0 aromatic heterocycles. The van der Waals surface area contributed by atoms with Crippen LogP contribution in [-0.4, -0.2) is 78.1 Å². The summed E-state index contributed by atoms with van der Waals surface area (Å²) in [6.07, 6.45) is 0.610. The summed E-state index contributed by atoms with van der Waals surface area (Å²) in [5.41, 5.74) is 1.08. The number of nitrogens with one attached hydrogen (secondary N) is 1. The molecule has 3 N–H and O–H groups in total. The Bertz CT molecular complexity index is 1160. The number of rotatable bonds is 10. The molecule has 1 heterocycles. The number of para-hydroxylation sites is 1.